The van der Waals surface area contributed by atoms with Gasteiger partial charge in [-0.25, -0.2) is 4.79 Å². The van der Waals surface area contributed by atoms with E-state index in [1.807, 2.05) is 25.2 Å². The van der Waals surface area contributed by atoms with Crippen LogP contribution in [0.5, 0.6) is 0 Å². The normalized spacial score (nSPS) is 10.9. The number of benzene rings is 1. The summed E-state index contributed by atoms with van der Waals surface area (Å²) in [7, 11) is 2.01. The molecule has 1 aromatic heterocycles. The summed E-state index contributed by atoms with van der Waals surface area (Å²) in [4.78, 5) is 15.7. The van der Waals surface area contributed by atoms with Crippen molar-refractivity contribution in [3.63, 3.8) is 0 Å². The van der Waals surface area contributed by atoms with E-state index in [1.54, 1.807) is 0 Å². The molecule has 0 spiro atoms. The van der Waals surface area contributed by atoms with Gasteiger partial charge in [0.2, 0.25) is 0 Å². The Bertz CT molecular complexity index is 532. The average Bonchev–Trinajstić information content (AvgIpc) is 2.64. The smallest absolute Gasteiger partial charge is 0.408 e. The van der Waals surface area contributed by atoms with E-state index in [0.29, 0.717) is 5.58 Å². The Balaban J connectivity index is 2.27. The van der Waals surface area contributed by atoms with Crippen LogP contribution >= 0.6 is 12.6 Å². The van der Waals surface area contributed by atoms with Crippen molar-refractivity contribution in [2.24, 2.45) is 0 Å². The summed E-state index contributed by atoms with van der Waals surface area (Å²) in [6, 6.07) is 5.69. The molecular formula is C11H14N2O2S. The average molecular weight is 238 g/mol. The number of fused-ring (bicyclic) bond motifs is 1. The summed E-state index contributed by atoms with van der Waals surface area (Å²) in [6.45, 7) is 0.934. The fraction of sp³-hybridized carbons (Fsp3) is 0.364. The van der Waals surface area contributed by atoms with Crippen molar-refractivity contribution in [3.8, 4) is 0 Å². The highest BCUT2D eigenvalue weighted by molar-refractivity contribution is 7.80. The first-order valence-corrected chi connectivity index (χ1v) is 5.79. The van der Waals surface area contributed by atoms with Gasteiger partial charge < -0.3 is 9.32 Å². The maximum Gasteiger partial charge on any atom is 0.417 e. The van der Waals surface area contributed by atoms with Crippen LogP contribution in [-0.4, -0.2) is 24.3 Å². The lowest BCUT2D eigenvalue weighted by Gasteiger charge is -2.18. The first kappa shape index (κ1) is 11.1. The van der Waals surface area contributed by atoms with Crippen molar-refractivity contribution >= 4 is 29.4 Å². The number of thiol groups is 1. The van der Waals surface area contributed by atoms with Gasteiger partial charge in [0.05, 0.1) is 5.52 Å². The maximum atomic E-state index is 11.0. The molecular weight excluding hydrogens is 224 g/mol. The highest BCUT2D eigenvalue weighted by Crippen LogP contribution is 2.19. The van der Waals surface area contributed by atoms with E-state index in [-0.39, 0.29) is 0 Å². The molecule has 0 aliphatic carbocycles. The molecule has 0 amide bonds. The van der Waals surface area contributed by atoms with Crippen LogP contribution in [0.25, 0.3) is 11.1 Å². The molecule has 1 aromatic carbocycles. The molecule has 1 N–H and O–H groups in total. The van der Waals surface area contributed by atoms with Crippen LogP contribution in [0.1, 0.15) is 6.42 Å². The second-order valence-electron chi connectivity index (χ2n) is 3.69. The van der Waals surface area contributed by atoms with Gasteiger partial charge in [-0.15, -0.1) is 0 Å². The van der Waals surface area contributed by atoms with Gasteiger partial charge in [0.15, 0.2) is 5.58 Å². The Morgan fingerprint density at radius 1 is 1.50 bits per heavy atom. The zero-order valence-electron chi connectivity index (χ0n) is 9.06. The molecule has 0 atom stereocenters. The number of hydrogen-bond acceptors (Lipinski definition) is 4. The fourth-order valence-electron chi connectivity index (χ4n) is 1.61. The van der Waals surface area contributed by atoms with Crippen molar-refractivity contribution in [3.05, 3.63) is 28.7 Å². The molecule has 4 nitrogen and oxygen atoms in total. The first-order valence-electron chi connectivity index (χ1n) is 5.15. The van der Waals surface area contributed by atoms with Crippen LogP contribution < -0.4 is 10.7 Å². The minimum atomic E-state index is -0.412. The summed E-state index contributed by atoms with van der Waals surface area (Å²) in [5, 5.41) is 0. The van der Waals surface area contributed by atoms with Crippen LogP contribution in [0.15, 0.2) is 27.4 Å². The Hall–Kier alpha value is -1.36. The predicted molar refractivity (Wildman–Crippen MR) is 68.6 cm³/mol. The molecule has 0 radical (unpaired) electrons. The minimum absolute atomic E-state index is 0.412. The molecule has 5 heteroatoms. The van der Waals surface area contributed by atoms with E-state index in [1.165, 1.54) is 0 Å². The van der Waals surface area contributed by atoms with Gasteiger partial charge in [-0.3, -0.25) is 4.98 Å². The number of H-pyrrole nitrogens is 1. The Morgan fingerprint density at radius 2 is 2.31 bits per heavy atom. The molecule has 86 valence electrons. The lowest BCUT2D eigenvalue weighted by Crippen LogP contribution is -2.18. The standard InChI is InChI=1S/C11H14N2O2S/c1-13(5-2-6-16)8-3-4-9-10(7-8)15-11(14)12-9/h3-4,7,16H,2,5-6H2,1H3,(H,12,14). The highest BCUT2D eigenvalue weighted by Gasteiger charge is 2.05. The summed E-state index contributed by atoms with van der Waals surface area (Å²) < 4.78 is 5.01. The Morgan fingerprint density at radius 3 is 3.06 bits per heavy atom. The number of hydrogen-bond donors (Lipinski definition) is 2. The van der Waals surface area contributed by atoms with Crippen LogP contribution in [0.3, 0.4) is 0 Å². The number of oxazole rings is 1. The van der Waals surface area contributed by atoms with Gasteiger partial charge in [0, 0.05) is 25.3 Å². The SMILES string of the molecule is CN(CCCS)c1ccc2[nH]c(=O)oc2c1. The third-order valence-corrected chi connectivity index (χ3v) is 2.81. The molecule has 16 heavy (non-hydrogen) atoms. The second-order valence-corrected chi connectivity index (χ2v) is 4.14. The number of anilines is 1. The molecule has 0 fully saturated rings. The summed E-state index contributed by atoms with van der Waals surface area (Å²) in [5.74, 6) is 0.455. The monoisotopic (exact) mass is 238 g/mol. The lowest BCUT2D eigenvalue weighted by molar-refractivity contribution is 0.555. The maximum absolute atomic E-state index is 11.0. The number of nitrogens with zero attached hydrogens (tertiary/aromatic N) is 1. The van der Waals surface area contributed by atoms with Gasteiger partial charge in [0.25, 0.3) is 0 Å². The highest BCUT2D eigenvalue weighted by atomic mass is 32.1. The van der Waals surface area contributed by atoms with Crippen LogP contribution in [-0.2, 0) is 0 Å². The van der Waals surface area contributed by atoms with Crippen molar-refractivity contribution < 1.29 is 4.42 Å². The molecule has 0 aliphatic rings. The van der Waals surface area contributed by atoms with Crippen molar-refractivity contribution in [2.45, 2.75) is 6.42 Å². The number of rotatable bonds is 4. The molecule has 1 heterocycles. The van der Waals surface area contributed by atoms with E-state index < -0.39 is 5.76 Å². The van der Waals surface area contributed by atoms with E-state index in [9.17, 15) is 4.79 Å². The number of aromatic nitrogens is 1. The zero-order valence-corrected chi connectivity index (χ0v) is 9.96. The largest absolute Gasteiger partial charge is 0.417 e. The number of nitrogens with one attached hydrogen (secondary N) is 1. The van der Waals surface area contributed by atoms with Crippen molar-refractivity contribution in [1.82, 2.24) is 4.98 Å². The molecule has 0 saturated carbocycles. The summed E-state index contributed by atoms with van der Waals surface area (Å²) in [5.41, 5.74) is 2.37. The Kier molecular flexibility index (Phi) is 3.24. The number of aromatic amines is 1. The van der Waals surface area contributed by atoms with Crippen LogP contribution in [0, 0.1) is 0 Å². The van der Waals surface area contributed by atoms with Crippen LogP contribution in [0.4, 0.5) is 5.69 Å². The molecule has 0 saturated heterocycles. The summed E-state index contributed by atoms with van der Waals surface area (Å²) in [6.07, 6.45) is 1.02. The minimum Gasteiger partial charge on any atom is -0.408 e. The van der Waals surface area contributed by atoms with Gasteiger partial charge in [-0.05, 0) is 24.3 Å². The van der Waals surface area contributed by atoms with Crippen LogP contribution in [0.2, 0.25) is 0 Å². The van der Waals surface area contributed by atoms with E-state index in [0.717, 1.165) is 29.9 Å². The van der Waals surface area contributed by atoms with Crippen molar-refractivity contribution in [1.29, 1.82) is 0 Å². The van der Waals surface area contributed by atoms with Crippen molar-refractivity contribution in [2.75, 3.05) is 24.2 Å². The molecule has 0 unspecified atom stereocenters. The van der Waals surface area contributed by atoms with E-state index in [4.69, 9.17) is 4.42 Å². The predicted octanol–water partition coefficient (Wildman–Crippen LogP) is 1.88. The van der Waals surface area contributed by atoms with Gasteiger partial charge >= 0.3 is 5.76 Å². The molecule has 0 bridgehead atoms. The second kappa shape index (κ2) is 4.65. The molecule has 2 rings (SSSR count). The fourth-order valence-corrected chi connectivity index (χ4v) is 1.75. The zero-order chi connectivity index (χ0) is 11.5. The first-order chi connectivity index (χ1) is 7.70. The third kappa shape index (κ3) is 2.24. The van der Waals surface area contributed by atoms with Gasteiger partial charge in [-0.1, -0.05) is 0 Å². The molecule has 0 aliphatic heterocycles. The van der Waals surface area contributed by atoms with Gasteiger partial charge in [0.1, 0.15) is 0 Å². The third-order valence-electron chi connectivity index (χ3n) is 2.50. The summed E-state index contributed by atoms with van der Waals surface area (Å²) >= 11 is 4.18. The van der Waals surface area contributed by atoms with E-state index in [2.05, 4.69) is 22.5 Å². The molecule has 2 aromatic rings. The lowest BCUT2D eigenvalue weighted by atomic mass is 10.2. The topological polar surface area (TPSA) is 49.2 Å². The Labute approximate surface area is 98.7 Å². The van der Waals surface area contributed by atoms with E-state index >= 15 is 0 Å². The van der Waals surface area contributed by atoms with Gasteiger partial charge in [-0.2, -0.15) is 12.6 Å². The quantitative estimate of drug-likeness (QED) is 0.800.